The number of thioether (sulfide) groups is 1. The molecule has 0 radical (unpaired) electrons. The molecule has 2 aromatic rings. The summed E-state index contributed by atoms with van der Waals surface area (Å²) in [6.07, 6.45) is 0. The fourth-order valence-electron chi connectivity index (χ4n) is 2.61. The molecule has 2 amide bonds. The van der Waals surface area contributed by atoms with Gasteiger partial charge >= 0.3 is 0 Å². The lowest BCUT2D eigenvalue weighted by Gasteiger charge is -2.23. The summed E-state index contributed by atoms with van der Waals surface area (Å²) in [7, 11) is 0. The van der Waals surface area contributed by atoms with Crippen molar-refractivity contribution in [2.45, 2.75) is 12.6 Å². The maximum absolute atomic E-state index is 12.6. The molecule has 3 rings (SSSR count). The van der Waals surface area contributed by atoms with E-state index in [1.54, 1.807) is 40.9 Å². The molecule has 1 saturated heterocycles. The molecule has 1 fully saturated rings. The van der Waals surface area contributed by atoms with Crippen LogP contribution in [0.3, 0.4) is 0 Å². The first-order valence-electron chi connectivity index (χ1n) is 7.89. The molecular weight excluding hydrogens is 334 g/mol. The Bertz CT molecular complexity index is 800. The van der Waals surface area contributed by atoms with Crippen LogP contribution in [0.2, 0.25) is 0 Å². The fourth-order valence-corrected chi connectivity index (χ4v) is 3.76. The molecule has 1 aliphatic rings. The quantitative estimate of drug-likeness (QED) is 0.918. The average Bonchev–Trinajstić information content (AvgIpc) is 3.16. The highest BCUT2D eigenvalue weighted by molar-refractivity contribution is 7.99. The molecule has 1 N–H and O–H groups in total. The van der Waals surface area contributed by atoms with Crippen molar-refractivity contribution < 1.29 is 9.59 Å². The Morgan fingerprint density at radius 2 is 1.88 bits per heavy atom. The van der Waals surface area contributed by atoms with Crippen LogP contribution in [0, 0.1) is 11.3 Å². The van der Waals surface area contributed by atoms with E-state index in [2.05, 4.69) is 11.4 Å². The molecule has 1 heterocycles. The van der Waals surface area contributed by atoms with Crippen LogP contribution in [0.1, 0.15) is 21.5 Å². The number of hydrogen-bond acceptors (Lipinski definition) is 4. The normalized spacial score (nSPS) is 16.3. The Balaban J connectivity index is 1.62. The van der Waals surface area contributed by atoms with Gasteiger partial charge in [-0.05, 0) is 29.8 Å². The molecule has 1 atom stereocenters. The van der Waals surface area contributed by atoms with Crippen molar-refractivity contribution in [3.8, 4) is 6.07 Å². The zero-order valence-corrected chi connectivity index (χ0v) is 14.3. The van der Waals surface area contributed by atoms with Crippen LogP contribution in [-0.2, 0) is 11.3 Å². The Morgan fingerprint density at radius 1 is 1.16 bits per heavy atom. The van der Waals surface area contributed by atoms with E-state index in [0.717, 1.165) is 5.56 Å². The van der Waals surface area contributed by atoms with Crippen LogP contribution in [0.5, 0.6) is 0 Å². The number of nitrogens with zero attached hydrogens (tertiary/aromatic N) is 2. The van der Waals surface area contributed by atoms with Crippen molar-refractivity contribution in [1.82, 2.24) is 10.2 Å². The summed E-state index contributed by atoms with van der Waals surface area (Å²) in [5.74, 6) is 0.836. The number of benzene rings is 2. The number of carbonyl (C=O) groups is 2. The van der Waals surface area contributed by atoms with Crippen molar-refractivity contribution in [3.63, 3.8) is 0 Å². The number of amides is 2. The lowest BCUT2D eigenvalue weighted by molar-refractivity contribution is -0.124. The largest absolute Gasteiger partial charge is 0.350 e. The molecule has 0 aliphatic carbocycles. The maximum Gasteiger partial charge on any atom is 0.255 e. The van der Waals surface area contributed by atoms with Gasteiger partial charge in [0.05, 0.1) is 17.5 Å². The van der Waals surface area contributed by atoms with Crippen LogP contribution in [0.25, 0.3) is 0 Å². The lowest BCUT2D eigenvalue weighted by Crippen LogP contribution is -2.47. The van der Waals surface area contributed by atoms with Gasteiger partial charge in [-0.3, -0.25) is 9.59 Å². The summed E-state index contributed by atoms with van der Waals surface area (Å²) in [6, 6.07) is 17.7. The third-order valence-electron chi connectivity index (χ3n) is 4.02. The van der Waals surface area contributed by atoms with Gasteiger partial charge in [0.2, 0.25) is 5.91 Å². The second kappa shape index (κ2) is 7.86. The van der Waals surface area contributed by atoms with Crippen molar-refractivity contribution >= 4 is 23.6 Å². The van der Waals surface area contributed by atoms with E-state index in [9.17, 15) is 9.59 Å². The topological polar surface area (TPSA) is 73.2 Å². The smallest absolute Gasteiger partial charge is 0.255 e. The van der Waals surface area contributed by atoms with Crippen molar-refractivity contribution in [2.75, 3.05) is 11.6 Å². The van der Waals surface area contributed by atoms with Crippen LogP contribution in [-0.4, -0.2) is 34.4 Å². The second-order valence-corrected chi connectivity index (χ2v) is 6.68. The predicted octanol–water partition coefficient (Wildman–Crippen LogP) is 2.39. The zero-order chi connectivity index (χ0) is 17.6. The molecule has 0 aromatic heterocycles. The third kappa shape index (κ3) is 4.01. The molecule has 25 heavy (non-hydrogen) atoms. The van der Waals surface area contributed by atoms with Gasteiger partial charge in [0.15, 0.2) is 0 Å². The van der Waals surface area contributed by atoms with E-state index >= 15 is 0 Å². The van der Waals surface area contributed by atoms with Gasteiger partial charge in [0, 0.05) is 17.9 Å². The molecule has 2 aromatic carbocycles. The van der Waals surface area contributed by atoms with E-state index in [-0.39, 0.29) is 11.8 Å². The number of nitrogens with one attached hydrogen (secondary N) is 1. The van der Waals surface area contributed by atoms with E-state index in [4.69, 9.17) is 5.26 Å². The number of rotatable bonds is 4. The second-order valence-electron chi connectivity index (χ2n) is 5.68. The molecule has 0 saturated carbocycles. The molecule has 1 unspecified atom stereocenters. The highest BCUT2D eigenvalue weighted by atomic mass is 32.2. The molecular formula is C19H17N3O2S. The SMILES string of the molecule is N#Cc1ccc(CNC(=O)C2CSCN2C(=O)c2ccccc2)cc1. The van der Waals surface area contributed by atoms with Crippen molar-refractivity contribution in [1.29, 1.82) is 5.26 Å². The number of nitriles is 1. The molecule has 0 bridgehead atoms. The summed E-state index contributed by atoms with van der Waals surface area (Å²) in [6.45, 7) is 0.374. The van der Waals surface area contributed by atoms with Crippen LogP contribution >= 0.6 is 11.8 Å². The zero-order valence-electron chi connectivity index (χ0n) is 13.5. The fraction of sp³-hybridized carbons (Fsp3) is 0.211. The Kier molecular flexibility index (Phi) is 5.36. The van der Waals surface area contributed by atoms with E-state index in [0.29, 0.717) is 29.3 Å². The number of carbonyl (C=O) groups excluding carboxylic acids is 2. The lowest BCUT2D eigenvalue weighted by atomic mass is 10.1. The monoisotopic (exact) mass is 351 g/mol. The van der Waals surface area contributed by atoms with Gasteiger partial charge in [0.1, 0.15) is 6.04 Å². The van der Waals surface area contributed by atoms with Gasteiger partial charge in [-0.2, -0.15) is 5.26 Å². The average molecular weight is 351 g/mol. The Hall–Kier alpha value is -2.78. The van der Waals surface area contributed by atoms with E-state index < -0.39 is 6.04 Å². The first kappa shape index (κ1) is 17.1. The Morgan fingerprint density at radius 3 is 2.56 bits per heavy atom. The molecule has 0 spiro atoms. The Labute approximate surface area is 150 Å². The highest BCUT2D eigenvalue weighted by Gasteiger charge is 2.34. The van der Waals surface area contributed by atoms with Crippen LogP contribution in [0.15, 0.2) is 54.6 Å². The van der Waals surface area contributed by atoms with Gasteiger partial charge in [0.25, 0.3) is 5.91 Å². The summed E-state index contributed by atoms with van der Waals surface area (Å²) in [5, 5.41) is 11.7. The summed E-state index contributed by atoms with van der Waals surface area (Å²) >= 11 is 1.58. The minimum atomic E-state index is -0.462. The van der Waals surface area contributed by atoms with Crippen molar-refractivity contribution in [3.05, 3.63) is 71.3 Å². The number of hydrogen-bond donors (Lipinski definition) is 1. The summed E-state index contributed by atoms with van der Waals surface area (Å²) < 4.78 is 0. The van der Waals surface area contributed by atoms with Crippen LogP contribution < -0.4 is 5.32 Å². The summed E-state index contributed by atoms with van der Waals surface area (Å²) in [5.41, 5.74) is 2.09. The van der Waals surface area contributed by atoms with E-state index in [1.807, 2.05) is 30.3 Å². The molecule has 6 heteroatoms. The van der Waals surface area contributed by atoms with Crippen LogP contribution in [0.4, 0.5) is 0 Å². The van der Waals surface area contributed by atoms with Gasteiger partial charge in [-0.25, -0.2) is 0 Å². The van der Waals surface area contributed by atoms with Gasteiger partial charge in [-0.15, -0.1) is 11.8 Å². The summed E-state index contributed by atoms with van der Waals surface area (Å²) in [4.78, 5) is 26.7. The molecule has 126 valence electrons. The van der Waals surface area contributed by atoms with E-state index in [1.165, 1.54) is 0 Å². The van der Waals surface area contributed by atoms with Crippen molar-refractivity contribution in [2.24, 2.45) is 0 Å². The highest BCUT2D eigenvalue weighted by Crippen LogP contribution is 2.23. The standard InChI is InChI=1S/C19H17N3O2S/c20-10-14-6-8-15(9-7-14)11-21-18(23)17-12-25-13-22(17)19(24)16-4-2-1-3-5-16/h1-9,17H,11-13H2,(H,21,23). The third-order valence-corrected chi connectivity index (χ3v) is 5.03. The first-order chi connectivity index (χ1) is 12.2. The molecule has 1 aliphatic heterocycles. The minimum Gasteiger partial charge on any atom is -0.350 e. The van der Waals surface area contributed by atoms with Gasteiger partial charge in [-0.1, -0.05) is 30.3 Å². The first-order valence-corrected chi connectivity index (χ1v) is 9.05. The minimum absolute atomic E-state index is 0.121. The van der Waals surface area contributed by atoms with Gasteiger partial charge < -0.3 is 10.2 Å². The maximum atomic E-state index is 12.6. The molecule has 5 nitrogen and oxygen atoms in total. The predicted molar refractivity (Wildman–Crippen MR) is 96.7 cm³/mol.